The van der Waals surface area contributed by atoms with E-state index in [9.17, 15) is 9.59 Å². The monoisotopic (exact) mass is 252 g/mol. The molecule has 0 unspecified atom stereocenters. The lowest BCUT2D eigenvalue weighted by Crippen LogP contribution is -1.98. The number of carboxylic acid groups (broad SMARTS) is 1. The van der Waals surface area contributed by atoms with Crippen molar-refractivity contribution in [3.8, 4) is 0 Å². The molecule has 4 heteroatoms. The van der Waals surface area contributed by atoms with Crippen LogP contribution in [0.4, 0.5) is 0 Å². The first-order valence-electron chi connectivity index (χ1n) is 5.51. The Balaban J connectivity index is 2.57. The second-order valence-corrected chi connectivity index (χ2v) is 4.95. The van der Waals surface area contributed by atoms with Gasteiger partial charge < -0.3 is 5.11 Å². The van der Waals surface area contributed by atoms with E-state index in [1.807, 2.05) is 24.3 Å². The molecule has 0 bridgehead atoms. The van der Waals surface area contributed by atoms with E-state index in [4.69, 9.17) is 5.11 Å². The first-order chi connectivity index (χ1) is 8.09. The van der Waals surface area contributed by atoms with Crippen molar-refractivity contribution in [1.82, 2.24) is 0 Å². The van der Waals surface area contributed by atoms with Gasteiger partial charge >= 0.3 is 5.97 Å². The van der Waals surface area contributed by atoms with Gasteiger partial charge in [0.15, 0.2) is 5.12 Å². The van der Waals surface area contributed by atoms with E-state index in [0.717, 1.165) is 17.5 Å². The van der Waals surface area contributed by atoms with Crippen LogP contribution in [-0.2, 0) is 21.8 Å². The van der Waals surface area contributed by atoms with Gasteiger partial charge in [-0.2, -0.15) is 0 Å². The maximum Gasteiger partial charge on any atom is 0.303 e. The third kappa shape index (κ3) is 5.54. The molecule has 0 heterocycles. The fourth-order valence-corrected chi connectivity index (χ4v) is 2.19. The van der Waals surface area contributed by atoms with E-state index >= 15 is 0 Å². The van der Waals surface area contributed by atoms with Crippen LogP contribution < -0.4 is 0 Å². The van der Waals surface area contributed by atoms with Gasteiger partial charge in [-0.15, -0.1) is 0 Å². The second-order valence-electron chi connectivity index (χ2n) is 3.80. The molecule has 0 aliphatic carbocycles. The zero-order chi connectivity index (χ0) is 12.7. The van der Waals surface area contributed by atoms with Crippen molar-refractivity contribution in [3.63, 3.8) is 0 Å². The lowest BCUT2D eigenvalue weighted by atomic mass is 10.0. The lowest BCUT2D eigenvalue weighted by Gasteiger charge is -2.07. The fourth-order valence-electron chi connectivity index (χ4n) is 1.55. The molecule has 0 saturated heterocycles. The molecular weight excluding hydrogens is 236 g/mol. The fraction of sp³-hybridized carbons (Fsp3) is 0.385. The van der Waals surface area contributed by atoms with Crippen LogP contribution in [0.3, 0.4) is 0 Å². The number of thioether (sulfide) groups is 1. The van der Waals surface area contributed by atoms with Crippen molar-refractivity contribution in [1.29, 1.82) is 0 Å². The molecule has 1 aromatic rings. The third-order valence-electron chi connectivity index (χ3n) is 2.39. The van der Waals surface area contributed by atoms with Crippen LogP contribution in [0.25, 0.3) is 0 Å². The predicted molar refractivity (Wildman–Crippen MR) is 69.0 cm³/mol. The largest absolute Gasteiger partial charge is 0.481 e. The zero-order valence-corrected chi connectivity index (χ0v) is 10.6. The van der Waals surface area contributed by atoms with Gasteiger partial charge in [0.2, 0.25) is 0 Å². The summed E-state index contributed by atoms with van der Waals surface area (Å²) in [4.78, 5) is 21.4. The van der Waals surface area contributed by atoms with Crippen LogP contribution in [0.15, 0.2) is 24.3 Å². The van der Waals surface area contributed by atoms with E-state index in [2.05, 4.69) is 0 Å². The standard InChI is InChI=1S/C13H16O3S/c1-10(14)17-9-12-6-3-2-5-11(12)7-4-8-13(15)16/h2-3,5-6H,4,7-9H2,1H3,(H,15,16). The number of aryl methyl sites for hydroxylation is 1. The van der Waals surface area contributed by atoms with E-state index in [1.165, 1.54) is 11.8 Å². The van der Waals surface area contributed by atoms with Crippen molar-refractivity contribution >= 4 is 22.8 Å². The highest BCUT2D eigenvalue weighted by atomic mass is 32.2. The highest BCUT2D eigenvalue weighted by Gasteiger charge is 2.05. The molecular formula is C13H16O3S. The normalized spacial score (nSPS) is 10.2. The number of rotatable bonds is 6. The maximum absolute atomic E-state index is 10.9. The summed E-state index contributed by atoms with van der Waals surface area (Å²) >= 11 is 1.28. The Bertz CT molecular complexity index is 401. The Kier molecular flexibility index (Phi) is 5.77. The highest BCUT2D eigenvalue weighted by molar-refractivity contribution is 8.12. The number of hydrogen-bond donors (Lipinski definition) is 1. The SMILES string of the molecule is CC(=O)SCc1ccccc1CCCC(=O)O. The Labute approximate surface area is 105 Å². The summed E-state index contributed by atoms with van der Waals surface area (Å²) in [6.07, 6.45) is 1.58. The van der Waals surface area contributed by atoms with Gasteiger partial charge in [0.25, 0.3) is 0 Å². The third-order valence-corrected chi connectivity index (χ3v) is 3.25. The van der Waals surface area contributed by atoms with Crippen molar-refractivity contribution in [2.24, 2.45) is 0 Å². The molecule has 0 spiro atoms. The molecule has 0 atom stereocenters. The van der Waals surface area contributed by atoms with Gasteiger partial charge in [-0.1, -0.05) is 36.0 Å². The van der Waals surface area contributed by atoms with Crippen LogP contribution in [0, 0.1) is 0 Å². The summed E-state index contributed by atoms with van der Waals surface area (Å²) in [5.41, 5.74) is 2.26. The van der Waals surface area contributed by atoms with Crippen molar-refractivity contribution in [2.75, 3.05) is 0 Å². The van der Waals surface area contributed by atoms with E-state index in [-0.39, 0.29) is 11.5 Å². The molecule has 0 aromatic heterocycles. The topological polar surface area (TPSA) is 54.4 Å². The molecule has 1 rings (SSSR count). The Morgan fingerprint density at radius 3 is 2.47 bits per heavy atom. The van der Waals surface area contributed by atoms with Crippen molar-refractivity contribution in [3.05, 3.63) is 35.4 Å². The number of aliphatic carboxylic acids is 1. The molecule has 0 radical (unpaired) electrons. The number of carbonyl (C=O) groups is 2. The second kappa shape index (κ2) is 7.12. The van der Waals surface area contributed by atoms with E-state index < -0.39 is 5.97 Å². The summed E-state index contributed by atoms with van der Waals surface area (Å²) in [7, 11) is 0. The molecule has 3 nitrogen and oxygen atoms in total. The number of carbonyl (C=O) groups excluding carboxylic acids is 1. The summed E-state index contributed by atoms with van der Waals surface area (Å²) in [6.45, 7) is 1.55. The van der Waals surface area contributed by atoms with Crippen molar-refractivity contribution in [2.45, 2.75) is 31.9 Å². The Hall–Kier alpha value is -1.29. The lowest BCUT2D eigenvalue weighted by molar-refractivity contribution is -0.137. The molecule has 0 amide bonds. The molecule has 92 valence electrons. The molecule has 17 heavy (non-hydrogen) atoms. The highest BCUT2D eigenvalue weighted by Crippen LogP contribution is 2.18. The van der Waals surface area contributed by atoms with Gasteiger partial charge in [0.05, 0.1) is 0 Å². The number of hydrogen-bond acceptors (Lipinski definition) is 3. The average molecular weight is 252 g/mol. The first-order valence-corrected chi connectivity index (χ1v) is 6.50. The van der Waals surface area contributed by atoms with Crippen molar-refractivity contribution < 1.29 is 14.7 Å². The molecule has 0 fully saturated rings. The van der Waals surface area contributed by atoms with E-state index in [1.54, 1.807) is 6.92 Å². The van der Waals surface area contributed by atoms with Crippen LogP contribution in [0.1, 0.15) is 30.9 Å². The smallest absolute Gasteiger partial charge is 0.303 e. The van der Waals surface area contributed by atoms with Gasteiger partial charge in [0.1, 0.15) is 0 Å². The minimum atomic E-state index is -0.763. The van der Waals surface area contributed by atoms with Gasteiger partial charge in [-0.3, -0.25) is 9.59 Å². The molecule has 0 aliphatic rings. The Morgan fingerprint density at radius 2 is 1.88 bits per heavy atom. The van der Waals surface area contributed by atoms with Crippen LogP contribution >= 0.6 is 11.8 Å². The number of benzene rings is 1. The zero-order valence-electron chi connectivity index (χ0n) is 9.81. The van der Waals surface area contributed by atoms with Gasteiger partial charge in [-0.05, 0) is 24.0 Å². The van der Waals surface area contributed by atoms with Crippen LogP contribution in [-0.4, -0.2) is 16.2 Å². The van der Waals surface area contributed by atoms with Gasteiger partial charge in [0, 0.05) is 19.1 Å². The average Bonchev–Trinajstić information content (AvgIpc) is 2.27. The van der Waals surface area contributed by atoms with Crippen LogP contribution in [0.5, 0.6) is 0 Å². The summed E-state index contributed by atoms with van der Waals surface area (Å²) < 4.78 is 0. The van der Waals surface area contributed by atoms with Gasteiger partial charge in [-0.25, -0.2) is 0 Å². The van der Waals surface area contributed by atoms with E-state index in [0.29, 0.717) is 12.2 Å². The summed E-state index contributed by atoms with van der Waals surface area (Å²) in [6, 6.07) is 7.87. The summed E-state index contributed by atoms with van der Waals surface area (Å²) in [5, 5.41) is 8.69. The first kappa shape index (κ1) is 13.8. The quantitative estimate of drug-likeness (QED) is 0.845. The Morgan fingerprint density at radius 1 is 1.24 bits per heavy atom. The maximum atomic E-state index is 10.9. The summed E-state index contributed by atoms with van der Waals surface area (Å²) in [5.74, 6) is -0.0981. The molecule has 1 N–H and O–H groups in total. The molecule has 0 aliphatic heterocycles. The minimum Gasteiger partial charge on any atom is -0.481 e. The number of carboxylic acids is 1. The minimum absolute atomic E-state index is 0.102. The molecule has 1 aromatic carbocycles. The molecule has 0 saturated carbocycles. The van der Waals surface area contributed by atoms with Crippen LogP contribution in [0.2, 0.25) is 0 Å². The predicted octanol–water partition coefficient (Wildman–Crippen LogP) is 2.87.